The van der Waals surface area contributed by atoms with Crippen molar-refractivity contribution in [2.75, 3.05) is 7.11 Å². The standard InChI is InChI=1S/C15H18N4O/c1-12(2)13-7-9-14(10-8-13)19-17-15(16-18-19)6-4-5-11-20-3/h4-12H,1-3H3/b6-4-,11-5+. The summed E-state index contributed by atoms with van der Waals surface area (Å²) >= 11 is 0. The molecule has 0 bridgehead atoms. The molecule has 0 aliphatic rings. The number of allylic oxidation sites excluding steroid dienone is 2. The lowest BCUT2D eigenvalue weighted by atomic mass is 10.0. The Morgan fingerprint density at radius 2 is 1.90 bits per heavy atom. The number of methoxy groups -OCH3 is 1. The zero-order valence-corrected chi connectivity index (χ0v) is 11.9. The molecule has 0 saturated heterocycles. The largest absolute Gasteiger partial charge is 0.504 e. The summed E-state index contributed by atoms with van der Waals surface area (Å²) in [7, 11) is 1.60. The van der Waals surface area contributed by atoms with Gasteiger partial charge in [0.05, 0.1) is 19.1 Å². The molecule has 5 heteroatoms. The highest BCUT2D eigenvalue weighted by atomic mass is 16.5. The van der Waals surface area contributed by atoms with Crippen molar-refractivity contribution in [2.24, 2.45) is 0 Å². The van der Waals surface area contributed by atoms with Gasteiger partial charge in [-0.25, -0.2) is 0 Å². The molecule has 2 rings (SSSR count). The van der Waals surface area contributed by atoms with E-state index in [2.05, 4.69) is 41.4 Å². The average molecular weight is 270 g/mol. The summed E-state index contributed by atoms with van der Waals surface area (Å²) < 4.78 is 4.79. The van der Waals surface area contributed by atoms with Crippen molar-refractivity contribution in [3.05, 3.63) is 54.1 Å². The van der Waals surface area contributed by atoms with Crippen LogP contribution in [0.15, 0.2) is 42.7 Å². The van der Waals surface area contributed by atoms with Gasteiger partial charge in [0.25, 0.3) is 0 Å². The normalized spacial score (nSPS) is 11.8. The Morgan fingerprint density at radius 1 is 1.15 bits per heavy atom. The Kier molecular flexibility index (Phi) is 4.65. The van der Waals surface area contributed by atoms with Gasteiger partial charge in [-0.2, -0.15) is 0 Å². The van der Waals surface area contributed by atoms with Crippen molar-refractivity contribution < 1.29 is 4.74 Å². The van der Waals surface area contributed by atoms with Crippen molar-refractivity contribution in [1.82, 2.24) is 20.2 Å². The van der Waals surface area contributed by atoms with Crippen LogP contribution in [0.1, 0.15) is 31.2 Å². The molecule has 1 aromatic carbocycles. The first-order valence-corrected chi connectivity index (χ1v) is 6.47. The zero-order valence-electron chi connectivity index (χ0n) is 11.9. The van der Waals surface area contributed by atoms with Gasteiger partial charge in [-0.1, -0.05) is 32.1 Å². The minimum atomic E-state index is 0.513. The third-order valence-electron chi connectivity index (χ3n) is 2.79. The molecule has 104 valence electrons. The summed E-state index contributed by atoms with van der Waals surface area (Å²) in [4.78, 5) is 1.52. The van der Waals surface area contributed by atoms with E-state index in [1.54, 1.807) is 31.6 Å². The fraction of sp³-hybridized carbons (Fsp3) is 0.267. The Labute approximate surface area is 118 Å². The van der Waals surface area contributed by atoms with Crippen LogP contribution < -0.4 is 0 Å². The summed E-state index contributed by atoms with van der Waals surface area (Å²) in [6.45, 7) is 4.33. The monoisotopic (exact) mass is 270 g/mol. The van der Waals surface area contributed by atoms with Crippen LogP contribution in [0.5, 0.6) is 0 Å². The molecule has 0 N–H and O–H groups in total. The smallest absolute Gasteiger partial charge is 0.198 e. The van der Waals surface area contributed by atoms with Crippen LogP contribution >= 0.6 is 0 Å². The van der Waals surface area contributed by atoms with E-state index in [0.717, 1.165) is 5.69 Å². The van der Waals surface area contributed by atoms with E-state index in [9.17, 15) is 0 Å². The third-order valence-corrected chi connectivity index (χ3v) is 2.79. The average Bonchev–Trinajstić information content (AvgIpc) is 2.92. The number of rotatable bonds is 5. The van der Waals surface area contributed by atoms with Crippen LogP contribution in [0.3, 0.4) is 0 Å². The number of benzene rings is 1. The molecular formula is C15H18N4O. The number of hydrogen-bond donors (Lipinski definition) is 0. The molecule has 0 amide bonds. The first-order chi connectivity index (χ1) is 9.70. The van der Waals surface area contributed by atoms with Gasteiger partial charge in [0.15, 0.2) is 5.82 Å². The number of nitrogens with zero attached hydrogens (tertiary/aromatic N) is 4. The third kappa shape index (κ3) is 3.54. The topological polar surface area (TPSA) is 52.8 Å². The number of ether oxygens (including phenoxy) is 1. The molecule has 0 radical (unpaired) electrons. The lowest BCUT2D eigenvalue weighted by molar-refractivity contribution is 0.338. The van der Waals surface area contributed by atoms with E-state index in [1.807, 2.05) is 12.1 Å². The molecule has 0 unspecified atom stereocenters. The van der Waals surface area contributed by atoms with E-state index in [4.69, 9.17) is 4.74 Å². The number of aromatic nitrogens is 4. The molecule has 0 fully saturated rings. The minimum absolute atomic E-state index is 0.513. The van der Waals surface area contributed by atoms with Crippen LogP contribution in [0, 0.1) is 0 Å². The molecule has 1 heterocycles. The van der Waals surface area contributed by atoms with E-state index in [-0.39, 0.29) is 0 Å². The van der Waals surface area contributed by atoms with Gasteiger partial charge in [0, 0.05) is 0 Å². The predicted molar refractivity (Wildman–Crippen MR) is 78.4 cm³/mol. The van der Waals surface area contributed by atoms with Crippen LogP contribution in [-0.2, 0) is 4.74 Å². The van der Waals surface area contributed by atoms with E-state index in [1.165, 1.54) is 10.4 Å². The minimum Gasteiger partial charge on any atom is -0.504 e. The van der Waals surface area contributed by atoms with Gasteiger partial charge in [-0.15, -0.1) is 15.0 Å². The van der Waals surface area contributed by atoms with Crippen LogP contribution in [0.2, 0.25) is 0 Å². The van der Waals surface area contributed by atoms with Gasteiger partial charge in [0.1, 0.15) is 0 Å². The molecular weight excluding hydrogens is 252 g/mol. The van der Waals surface area contributed by atoms with Gasteiger partial charge >= 0.3 is 0 Å². The van der Waals surface area contributed by atoms with Crippen molar-refractivity contribution in [2.45, 2.75) is 19.8 Å². The van der Waals surface area contributed by atoms with Crippen LogP contribution in [-0.4, -0.2) is 27.3 Å². The quantitative estimate of drug-likeness (QED) is 0.619. The van der Waals surface area contributed by atoms with Crippen molar-refractivity contribution in [1.29, 1.82) is 0 Å². The molecule has 5 nitrogen and oxygen atoms in total. The summed E-state index contributed by atoms with van der Waals surface area (Å²) in [5.41, 5.74) is 2.19. The molecule has 2 aromatic rings. The van der Waals surface area contributed by atoms with Gasteiger partial charge in [-0.3, -0.25) is 0 Å². The van der Waals surface area contributed by atoms with Gasteiger partial charge < -0.3 is 4.74 Å². The second-order valence-corrected chi connectivity index (χ2v) is 4.61. The first-order valence-electron chi connectivity index (χ1n) is 6.47. The molecule has 0 saturated carbocycles. The maximum absolute atomic E-state index is 4.79. The number of hydrogen-bond acceptors (Lipinski definition) is 4. The van der Waals surface area contributed by atoms with Gasteiger partial charge in [0.2, 0.25) is 0 Å². The number of tetrazole rings is 1. The summed E-state index contributed by atoms with van der Waals surface area (Å²) in [6.07, 6.45) is 6.90. The Balaban J connectivity index is 2.12. The highest BCUT2D eigenvalue weighted by molar-refractivity contribution is 5.42. The second-order valence-electron chi connectivity index (χ2n) is 4.61. The van der Waals surface area contributed by atoms with Crippen LogP contribution in [0.25, 0.3) is 11.8 Å². The van der Waals surface area contributed by atoms with E-state index >= 15 is 0 Å². The summed E-state index contributed by atoms with van der Waals surface area (Å²) in [6, 6.07) is 8.16. The Hall–Kier alpha value is -2.43. The molecule has 20 heavy (non-hydrogen) atoms. The zero-order chi connectivity index (χ0) is 14.4. The van der Waals surface area contributed by atoms with Crippen LogP contribution in [0.4, 0.5) is 0 Å². The predicted octanol–water partition coefficient (Wildman–Crippen LogP) is 2.96. The highest BCUT2D eigenvalue weighted by Gasteiger charge is 2.03. The Bertz CT molecular complexity index is 597. The molecule has 0 aliphatic heterocycles. The fourth-order valence-electron chi connectivity index (χ4n) is 1.66. The SMILES string of the molecule is CO/C=C/C=C\c1nnn(-c2ccc(C(C)C)cc2)n1. The maximum atomic E-state index is 4.79. The summed E-state index contributed by atoms with van der Waals surface area (Å²) in [5.74, 6) is 1.07. The van der Waals surface area contributed by atoms with Crippen molar-refractivity contribution in [3.63, 3.8) is 0 Å². The lowest BCUT2D eigenvalue weighted by Crippen LogP contribution is -1.99. The molecule has 0 atom stereocenters. The second kappa shape index (κ2) is 6.65. The molecule has 0 aliphatic carbocycles. The highest BCUT2D eigenvalue weighted by Crippen LogP contribution is 2.15. The van der Waals surface area contributed by atoms with E-state index < -0.39 is 0 Å². The molecule has 0 spiro atoms. The van der Waals surface area contributed by atoms with Crippen molar-refractivity contribution >= 4 is 6.08 Å². The van der Waals surface area contributed by atoms with E-state index in [0.29, 0.717) is 11.7 Å². The fourth-order valence-corrected chi connectivity index (χ4v) is 1.66. The lowest BCUT2D eigenvalue weighted by Gasteiger charge is -2.05. The summed E-state index contributed by atoms with van der Waals surface area (Å²) in [5, 5.41) is 12.3. The van der Waals surface area contributed by atoms with Gasteiger partial charge in [-0.05, 0) is 41.0 Å². The first kappa shape index (κ1) is 14.0. The van der Waals surface area contributed by atoms with Crippen molar-refractivity contribution in [3.8, 4) is 5.69 Å². The Morgan fingerprint density at radius 3 is 2.55 bits per heavy atom. The maximum Gasteiger partial charge on any atom is 0.198 e. The molecule has 1 aromatic heterocycles.